The molecule has 1 atom stereocenters. The number of rotatable bonds is 5. The van der Waals surface area contributed by atoms with Gasteiger partial charge in [-0.25, -0.2) is 8.42 Å². The Kier molecular flexibility index (Phi) is 6.84. The summed E-state index contributed by atoms with van der Waals surface area (Å²) in [6.07, 6.45) is 8.17. The minimum atomic E-state index is -3.79. The maximum Gasteiger partial charge on any atom is 0.309 e. The lowest BCUT2D eigenvalue weighted by Gasteiger charge is -2.31. The van der Waals surface area contributed by atoms with Gasteiger partial charge in [-0.3, -0.25) is 4.79 Å². The minimum absolute atomic E-state index is 0.0697. The van der Waals surface area contributed by atoms with E-state index >= 15 is 0 Å². The van der Waals surface area contributed by atoms with Gasteiger partial charge in [-0.2, -0.15) is 4.31 Å². The fourth-order valence-electron chi connectivity index (χ4n) is 3.52. The molecule has 1 aliphatic heterocycles. The van der Waals surface area contributed by atoms with E-state index in [4.69, 9.17) is 27.9 Å². The van der Waals surface area contributed by atoms with Crippen LogP contribution in [0.5, 0.6) is 0 Å². The summed E-state index contributed by atoms with van der Waals surface area (Å²) in [5.41, 5.74) is 0. The average molecular weight is 432 g/mol. The molecule has 1 aromatic carbocycles. The summed E-state index contributed by atoms with van der Waals surface area (Å²) in [6, 6.07) is 4.61. The van der Waals surface area contributed by atoms with Crippen LogP contribution in [0.25, 0.3) is 0 Å². The zero-order valence-corrected chi connectivity index (χ0v) is 17.3. The van der Waals surface area contributed by atoms with E-state index in [1.165, 1.54) is 16.4 Å². The molecule has 0 radical (unpaired) electrons. The van der Waals surface area contributed by atoms with Gasteiger partial charge in [0.05, 0.1) is 22.6 Å². The van der Waals surface area contributed by atoms with E-state index in [9.17, 15) is 13.2 Å². The van der Waals surface area contributed by atoms with Crippen molar-refractivity contribution >= 4 is 39.2 Å². The van der Waals surface area contributed by atoms with Gasteiger partial charge in [0.2, 0.25) is 10.0 Å². The Balaban J connectivity index is 1.56. The van der Waals surface area contributed by atoms with Gasteiger partial charge in [-0.1, -0.05) is 41.4 Å². The predicted octanol–water partition coefficient (Wildman–Crippen LogP) is 4.29. The molecule has 0 amide bonds. The Morgan fingerprint density at radius 1 is 1.11 bits per heavy atom. The third-order valence-corrected chi connectivity index (χ3v) is 8.00. The number of piperidine rings is 1. The van der Waals surface area contributed by atoms with E-state index in [0.29, 0.717) is 25.4 Å². The number of nitrogens with zero attached hydrogens (tertiary/aromatic N) is 1. The highest BCUT2D eigenvalue weighted by molar-refractivity contribution is 7.89. The number of halogens is 2. The molecule has 148 valence electrons. The molecule has 0 spiro atoms. The molecule has 1 heterocycles. The van der Waals surface area contributed by atoms with Crippen LogP contribution in [0.15, 0.2) is 35.2 Å². The number of esters is 1. The summed E-state index contributed by atoms with van der Waals surface area (Å²) in [6.45, 7) is 0.933. The molecule has 27 heavy (non-hydrogen) atoms. The number of benzene rings is 1. The molecule has 1 saturated heterocycles. The molecule has 1 aliphatic carbocycles. The van der Waals surface area contributed by atoms with E-state index in [1.54, 1.807) is 6.07 Å². The van der Waals surface area contributed by atoms with Crippen LogP contribution >= 0.6 is 23.2 Å². The lowest BCUT2D eigenvalue weighted by Crippen LogP contribution is -2.41. The van der Waals surface area contributed by atoms with Crippen LogP contribution in [0, 0.1) is 11.8 Å². The quantitative estimate of drug-likeness (QED) is 0.514. The number of ether oxygens (including phenoxy) is 1. The first-order valence-corrected chi connectivity index (χ1v) is 11.3. The van der Waals surface area contributed by atoms with Crippen molar-refractivity contribution in [1.82, 2.24) is 4.31 Å². The van der Waals surface area contributed by atoms with Crippen LogP contribution in [-0.4, -0.2) is 38.4 Å². The van der Waals surface area contributed by atoms with Gasteiger partial charge in [0.15, 0.2) is 0 Å². The smallest absolute Gasteiger partial charge is 0.309 e. The molecule has 8 heteroatoms. The summed E-state index contributed by atoms with van der Waals surface area (Å²) in [4.78, 5) is 12.3. The topological polar surface area (TPSA) is 63.7 Å². The van der Waals surface area contributed by atoms with E-state index in [2.05, 4.69) is 12.2 Å². The number of sulfonamides is 1. The monoisotopic (exact) mass is 431 g/mol. The van der Waals surface area contributed by atoms with Crippen LogP contribution in [0.3, 0.4) is 0 Å². The Labute approximate surface area is 170 Å². The molecule has 1 fully saturated rings. The molecule has 5 nitrogen and oxygen atoms in total. The second kappa shape index (κ2) is 8.95. The summed E-state index contributed by atoms with van der Waals surface area (Å²) in [5, 5.41) is 0.205. The summed E-state index contributed by atoms with van der Waals surface area (Å²) in [7, 11) is -3.79. The molecular weight excluding hydrogens is 409 g/mol. The van der Waals surface area contributed by atoms with Crippen molar-refractivity contribution in [2.24, 2.45) is 11.8 Å². The van der Waals surface area contributed by atoms with Crippen molar-refractivity contribution in [2.45, 2.75) is 37.0 Å². The van der Waals surface area contributed by atoms with Gasteiger partial charge >= 0.3 is 5.97 Å². The van der Waals surface area contributed by atoms with Gasteiger partial charge < -0.3 is 4.74 Å². The summed E-state index contributed by atoms with van der Waals surface area (Å²) in [5.74, 6) is -0.101. The van der Waals surface area contributed by atoms with Gasteiger partial charge in [-0.15, -0.1) is 0 Å². The molecule has 0 aromatic heterocycles. The standard InChI is InChI=1S/C19H23Cl2NO4S/c20-16-7-4-8-17(21)18(16)27(24,25)22-11-9-15(10-12-22)19(23)26-13-14-5-2-1-3-6-14/h1-2,4,7-8,14-15H,3,5-6,9-13H2. The van der Waals surface area contributed by atoms with Crippen molar-refractivity contribution in [3.05, 3.63) is 40.4 Å². The van der Waals surface area contributed by atoms with Gasteiger partial charge in [0, 0.05) is 13.1 Å². The summed E-state index contributed by atoms with van der Waals surface area (Å²) >= 11 is 12.1. The fraction of sp³-hybridized carbons (Fsp3) is 0.526. The van der Waals surface area contributed by atoms with Crippen LogP contribution in [0.1, 0.15) is 32.1 Å². The van der Waals surface area contributed by atoms with Gasteiger partial charge in [0.1, 0.15) is 4.90 Å². The summed E-state index contributed by atoms with van der Waals surface area (Å²) < 4.78 is 32.6. The van der Waals surface area contributed by atoms with Gasteiger partial charge in [-0.05, 0) is 50.2 Å². The average Bonchev–Trinajstić information content (AvgIpc) is 2.67. The normalized spacial score (nSPS) is 21.9. The molecule has 1 aromatic rings. The van der Waals surface area contributed by atoms with Crippen molar-refractivity contribution in [3.63, 3.8) is 0 Å². The minimum Gasteiger partial charge on any atom is -0.465 e. The first-order chi connectivity index (χ1) is 12.9. The Morgan fingerprint density at radius 2 is 1.78 bits per heavy atom. The molecule has 0 N–H and O–H groups in total. The highest BCUT2D eigenvalue weighted by Crippen LogP contribution is 2.33. The van der Waals surface area contributed by atoms with Crippen molar-refractivity contribution < 1.29 is 17.9 Å². The van der Waals surface area contributed by atoms with E-state index in [-0.39, 0.29) is 39.9 Å². The Bertz CT molecular complexity index is 797. The lowest BCUT2D eigenvalue weighted by molar-refractivity contribution is -0.151. The Hall–Kier alpha value is -1.08. The van der Waals surface area contributed by atoms with Crippen LogP contribution in [0.4, 0.5) is 0 Å². The third kappa shape index (κ3) is 4.86. The number of carbonyl (C=O) groups excluding carboxylic acids is 1. The zero-order chi connectivity index (χ0) is 19.4. The first-order valence-electron chi connectivity index (χ1n) is 9.15. The largest absolute Gasteiger partial charge is 0.465 e. The molecule has 2 aliphatic rings. The molecule has 3 rings (SSSR count). The van der Waals surface area contributed by atoms with Gasteiger partial charge in [0.25, 0.3) is 0 Å². The second-order valence-corrected chi connectivity index (χ2v) is 9.70. The lowest BCUT2D eigenvalue weighted by atomic mass is 9.95. The molecule has 0 saturated carbocycles. The van der Waals surface area contributed by atoms with Crippen LogP contribution < -0.4 is 0 Å². The van der Waals surface area contributed by atoms with Crippen molar-refractivity contribution in [1.29, 1.82) is 0 Å². The maximum atomic E-state index is 12.9. The maximum absolute atomic E-state index is 12.9. The molecule has 0 bridgehead atoms. The highest BCUT2D eigenvalue weighted by Gasteiger charge is 2.35. The molecular formula is C19H23Cl2NO4S. The third-order valence-electron chi connectivity index (χ3n) is 5.14. The molecule has 1 unspecified atom stereocenters. The van der Waals surface area contributed by atoms with E-state index in [0.717, 1.165) is 19.3 Å². The zero-order valence-electron chi connectivity index (χ0n) is 14.9. The van der Waals surface area contributed by atoms with E-state index in [1.807, 2.05) is 0 Å². The van der Waals surface area contributed by atoms with Crippen LogP contribution in [0.2, 0.25) is 10.0 Å². The van der Waals surface area contributed by atoms with Crippen molar-refractivity contribution in [3.8, 4) is 0 Å². The second-order valence-electron chi connectivity index (χ2n) is 7.01. The van der Waals surface area contributed by atoms with E-state index < -0.39 is 10.0 Å². The number of hydrogen-bond donors (Lipinski definition) is 0. The van der Waals surface area contributed by atoms with Crippen LogP contribution in [-0.2, 0) is 19.6 Å². The fourth-order valence-corrected chi connectivity index (χ4v) is 6.08. The highest BCUT2D eigenvalue weighted by atomic mass is 35.5. The predicted molar refractivity (Wildman–Crippen MR) is 105 cm³/mol. The Morgan fingerprint density at radius 3 is 2.37 bits per heavy atom. The number of hydrogen-bond acceptors (Lipinski definition) is 4. The number of carbonyl (C=O) groups is 1. The van der Waals surface area contributed by atoms with Crippen molar-refractivity contribution in [2.75, 3.05) is 19.7 Å². The number of allylic oxidation sites excluding steroid dienone is 2. The first kappa shape index (κ1) is 20.6. The SMILES string of the molecule is O=C(OCC1CC=CCC1)C1CCN(S(=O)(=O)c2c(Cl)cccc2Cl)CC1.